The third-order valence-corrected chi connectivity index (χ3v) is 4.99. The van der Waals surface area contributed by atoms with E-state index >= 15 is 0 Å². The van der Waals surface area contributed by atoms with E-state index in [0.29, 0.717) is 27.4 Å². The summed E-state index contributed by atoms with van der Waals surface area (Å²) in [5.41, 5.74) is 1.62. The quantitative estimate of drug-likeness (QED) is 0.684. The number of allylic oxidation sites excluding steroid dienone is 1. The molecule has 17 heavy (non-hydrogen) atoms. The van der Waals surface area contributed by atoms with Gasteiger partial charge in [-0.2, -0.15) is 0 Å². The molecule has 1 atom stereocenters. The van der Waals surface area contributed by atoms with E-state index < -0.39 is 10.1 Å². The molecule has 1 unspecified atom stereocenters. The molecule has 0 saturated carbocycles. The van der Waals surface area contributed by atoms with Crippen molar-refractivity contribution in [3.63, 3.8) is 0 Å². The normalized spacial score (nSPS) is 18.9. The van der Waals surface area contributed by atoms with Crippen molar-refractivity contribution in [2.45, 2.75) is 11.8 Å². The van der Waals surface area contributed by atoms with Crippen LogP contribution < -0.4 is 5.43 Å². The van der Waals surface area contributed by atoms with Crippen molar-refractivity contribution >= 4 is 37.3 Å². The van der Waals surface area contributed by atoms with Gasteiger partial charge in [0.25, 0.3) is 4.90 Å². The van der Waals surface area contributed by atoms with E-state index in [4.69, 9.17) is 15.1 Å². The van der Waals surface area contributed by atoms with Gasteiger partial charge in [0.1, 0.15) is 5.58 Å². The Morgan fingerprint density at radius 3 is 2.94 bits per heavy atom. The van der Waals surface area contributed by atoms with Crippen molar-refractivity contribution < 1.29 is 4.42 Å². The van der Waals surface area contributed by atoms with Gasteiger partial charge < -0.3 is 4.42 Å². The molecule has 0 amide bonds. The maximum absolute atomic E-state index is 12.4. The van der Waals surface area contributed by atoms with E-state index in [1.165, 1.54) is 0 Å². The van der Waals surface area contributed by atoms with Crippen LogP contribution >= 0.6 is 10.7 Å². The molecule has 0 bridgehead atoms. The third kappa shape index (κ3) is 1.61. The zero-order chi connectivity index (χ0) is 12.0. The van der Waals surface area contributed by atoms with E-state index in [1.807, 2.05) is 31.2 Å². The third-order valence-electron chi connectivity index (χ3n) is 2.87. The van der Waals surface area contributed by atoms with Gasteiger partial charge in [0.15, 0.2) is 32.3 Å². The summed E-state index contributed by atoms with van der Waals surface area (Å²) in [5, 5.41) is 0.610. The number of para-hydroxylation sites is 1. The Labute approximate surface area is 106 Å². The molecule has 86 valence electrons. The molecule has 2 aromatic rings. The topological polar surface area (TPSA) is 30.2 Å². The van der Waals surface area contributed by atoms with Gasteiger partial charge >= 0.3 is 0 Å². The Morgan fingerprint density at radius 1 is 1.35 bits per heavy atom. The molecule has 2 heterocycles. The van der Waals surface area contributed by atoms with Gasteiger partial charge in [-0.1, -0.05) is 12.1 Å². The van der Waals surface area contributed by atoms with Crippen molar-refractivity contribution in [3.05, 3.63) is 46.3 Å². The molecule has 0 aliphatic carbocycles. The second-order valence-electron chi connectivity index (χ2n) is 3.97. The first-order chi connectivity index (χ1) is 8.18. The van der Waals surface area contributed by atoms with Gasteiger partial charge in [-0.15, -0.1) is 0 Å². The highest BCUT2D eigenvalue weighted by atomic mass is 35.7. The van der Waals surface area contributed by atoms with Gasteiger partial charge in [-0.05, 0) is 30.7 Å². The highest BCUT2D eigenvalue weighted by Crippen LogP contribution is 2.32. The van der Waals surface area contributed by atoms with Gasteiger partial charge in [0.2, 0.25) is 5.43 Å². The molecule has 1 aliphatic rings. The fourth-order valence-corrected chi connectivity index (χ4v) is 3.85. The summed E-state index contributed by atoms with van der Waals surface area (Å²) in [6, 6.07) is 7.29. The standard InChI is InChI=1S/C13H10ClO2S/c1-8-6-7-17(14)13-11(15)9-4-2-3-5-10(9)16-12(8)13/h2-6H,7H2,1H3/q+1. The highest BCUT2D eigenvalue weighted by molar-refractivity contribution is 8.18. The van der Waals surface area contributed by atoms with Crippen molar-refractivity contribution in [2.75, 3.05) is 5.75 Å². The summed E-state index contributed by atoms with van der Waals surface area (Å²) in [4.78, 5) is 13.0. The maximum Gasteiger partial charge on any atom is 0.265 e. The predicted molar refractivity (Wildman–Crippen MR) is 72.5 cm³/mol. The molecule has 0 N–H and O–H groups in total. The van der Waals surface area contributed by atoms with Crippen molar-refractivity contribution in [1.82, 2.24) is 0 Å². The Hall–Kier alpha value is -1.19. The molecular weight excluding hydrogens is 256 g/mol. The molecule has 1 aromatic carbocycles. The van der Waals surface area contributed by atoms with E-state index in [1.54, 1.807) is 6.07 Å². The number of halogens is 1. The lowest BCUT2D eigenvalue weighted by Crippen LogP contribution is -2.19. The van der Waals surface area contributed by atoms with Crippen LogP contribution in [0.15, 0.2) is 44.4 Å². The zero-order valence-corrected chi connectivity index (χ0v) is 10.8. The summed E-state index contributed by atoms with van der Waals surface area (Å²) in [5.74, 6) is 1.36. The minimum absolute atomic E-state index is 0.00707. The first-order valence-electron chi connectivity index (χ1n) is 5.28. The van der Waals surface area contributed by atoms with Crippen LogP contribution in [-0.2, 0) is 10.1 Å². The lowest BCUT2D eigenvalue weighted by atomic mass is 10.1. The van der Waals surface area contributed by atoms with Crippen molar-refractivity contribution in [3.8, 4) is 0 Å². The molecule has 4 heteroatoms. The summed E-state index contributed by atoms with van der Waals surface area (Å²) in [6.07, 6.45) is 2.02. The summed E-state index contributed by atoms with van der Waals surface area (Å²) < 4.78 is 5.80. The van der Waals surface area contributed by atoms with Crippen LogP contribution in [0.4, 0.5) is 0 Å². The Balaban J connectivity index is 2.48. The maximum atomic E-state index is 12.4. The largest absolute Gasteiger partial charge is 0.451 e. The van der Waals surface area contributed by atoms with Crippen LogP contribution in [0.1, 0.15) is 12.7 Å². The molecular formula is C13H10ClO2S+. The first kappa shape index (κ1) is 10.9. The van der Waals surface area contributed by atoms with E-state index in [-0.39, 0.29) is 5.43 Å². The second-order valence-corrected chi connectivity index (χ2v) is 6.49. The fraction of sp³-hybridized carbons (Fsp3) is 0.154. The number of hydrogen-bond donors (Lipinski definition) is 0. The highest BCUT2D eigenvalue weighted by Gasteiger charge is 2.34. The average Bonchev–Trinajstić information content (AvgIpc) is 2.34. The average molecular weight is 266 g/mol. The molecule has 0 spiro atoms. The first-order valence-corrected chi connectivity index (χ1v) is 7.50. The van der Waals surface area contributed by atoms with E-state index in [0.717, 1.165) is 5.57 Å². The minimum Gasteiger partial charge on any atom is -0.451 e. The van der Waals surface area contributed by atoms with Gasteiger partial charge in [0, 0.05) is 0 Å². The number of benzene rings is 1. The summed E-state index contributed by atoms with van der Waals surface area (Å²) in [7, 11) is 5.68. The molecule has 2 nitrogen and oxygen atoms in total. The lowest BCUT2D eigenvalue weighted by Gasteiger charge is -2.10. The molecule has 0 fully saturated rings. The number of fused-ring (bicyclic) bond motifs is 2. The number of rotatable bonds is 0. The lowest BCUT2D eigenvalue weighted by molar-refractivity contribution is 0.568. The van der Waals surface area contributed by atoms with Crippen LogP contribution in [0.25, 0.3) is 16.5 Å². The molecule has 1 aliphatic heterocycles. The van der Waals surface area contributed by atoms with Crippen molar-refractivity contribution in [1.29, 1.82) is 0 Å². The zero-order valence-electron chi connectivity index (χ0n) is 9.20. The van der Waals surface area contributed by atoms with Gasteiger partial charge in [-0.3, -0.25) is 4.79 Å². The van der Waals surface area contributed by atoms with Crippen LogP contribution in [0, 0.1) is 0 Å². The monoisotopic (exact) mass is 265 g/mol. The predicted octanol–water partition coefficient (Wildman–Crippen LogP) is 3.34. The molecule has 3 rings (SSSR count). The Morgan fingerprint density at radius 2 is 2.12 bits per heavy atom. The smallest absolute Gasteiger partial charge is 0.265 e. The SMILES string of the molecule is CC1=CC[S+](Cl)c2c1oc1ccccc1c2=O. The van der Waals surface area contributed by atoms with E-state index in [2.05, 4.69) is 0 Å². The Bertz CT molecular complexity index is 687. The van der Waals surface area contributed by atoms with Crippen LogP contribution in [-0.4, -0.2) is 5.75 Å². The summed E-state index contributed by atoms with van der Waals surface area (Å²) in [6.45, 7) is 1.95. The van der Waals surface area contributed by atoms with Crippen LogP contribution in [0.2, 0.25) is 0 Å². The molecule has 0 radical (unpaired) electrons. The minimum atomic E-state index is -0.564. The van der Waals surface area contributed by atoms with Gasteiger partial charge in [-0.25, -0.2) is 0 Å². The summed E-state index contributed by atoms with van der Waals surface area (Å²) >= 11 is 0. The fourth-order valence-electron chi connectivity index (χ4n) is 1.96. The molecule has 0 saturated heterocycles. The van der Waals surface area contributed by atoms with Crippen LogP contribution in [0.5, 0.6) is 0 Å². The second kappa shape index (κ2) is 3.93. The molecule has 1 aromatic heterocycles. The van der Waals surface area contributed by atoms with Crippen LogP contribution in [0.3, 0.4) is 0 Å². The van der Waals surface area contributed by atoms with Gasteiger partial charge in [0.05, 0.1) is 5.39 Å². The van der Waals surface area contributed by atoms with Crippen molar-refractivity contribution in [2.24, 2.45) is 0 Å². The number of hydrogen-bond acceptors (Lipinski definition) is 2. The Kier molecular flexibility index (Phi) is 2.53. The van der Waals surface area contributed by atoms with E-state index in [9.17, 15) is 4.79 Å².